The summed E-state index contributed by atoms with van der Waals surface area (Å²) in [6.07, 6.45) is 3.71. The van der Waals surface area contributed by atoms with E-state index >= 15 is 0 Å². The van der Waals surface area contributed by atoms with Gasteiger partial charge in [0.05, 0.1) is 4.92 Å². The molecule has 1 heterocycles. The van der Waals surface area contributed by atoms with Gasteiger partial charge in [0, 0.05) is 12.6 Å². The lowest BCUT2D eigenvalue weighted by atomic mass is 9.94. The van der Waals surface area contributed by atoms with Crippen LogP contribution in [0.2, 0.25) is 0 Å². The highest BCUT2D eigenvalue weighted by Gasteiger charge is 2.19. The van der Waals surface area contributed by atoms with E-state index in [0.29, 0.717) is 0 Å². The standard InChI is InChI=1S/C14H21N3O2/c1-2-11-5-7-16(8-6-11)10-12-3-4-13(15)14(9-12)17(18)19/h3-4,9,11H,2,5-8,10,15H2,1H3. The molecule has 2 N–H and O–H groups in total. The summed E-state index contributed by atoms with van der Waals surface area (Å²) >= 11 is 0. The Morgan fingerprint density at radius 2 is 2.11 bits per heavy atom. The van der Waals surface area contributed by atoms with E-state index in [1.807, 2.05) is 6.07 Å². The predicted molar refractivity (Wildman–Crippen MR) is 75.8 cm³/mol. The topological polar surface area (TPSA) is 72.4 Å². The number of piperidine rings is 1. The maximum Gasteiger partial charge on any atom is 0.292 e. The Labute approximate surface area is 113 Å². The highest BCUT2D eigenvalue weighted by molar-refractivity contribution is 5.59. The highest BCUT2D eigenvalue weighted by atomic mass is 16.6. The minimum atomic E-state index is -0.415. The molecule has 5 nitrogen and oxygen atoms in total. The summed E-state index contributed by atoms with van der Waals surface area (Å²) in [5.41, 5.74) is 6.82. The predicted octanol–water partition coefficient (Wildman–Crippen LogP) is 2.80. The molecule has 0 unspecified atom stereocenters. The van der Waals surface area contributed by atoms with Crippen LogP contribution in [0.3, 0.4) is 0 Å². The van der Waals surface area contributed by atoms with Crippen LogP contribution in [-0.2, 0) is 6.54 Å². The number of nitrogen functional groups attached to an aromatic ring is 1. The zero-order valence-electron chi connectivity index (χ0n) is 11.3. The molecule has 1 aromatic rings. The SMILES string of the molecule is CCC1CCN(Cc2ccc(N)c([N+](=O)[O-])c2)CC1. The van der Waals surface area contributed by atoms with Crippen LogP contribution in [0.25, 0.3) is 0 Å². The quantitative estimate of drug-likeness (QED) is 0.515. The molecule has 0 aliphatic carbocycles. The van der Waals surface area contributed by atoms with E-state index in [9.17, 15) is 10.1 Å². The maximum absolute atomic E-state index is 10.9. The summed E-state index contributed by atoms with van der Waals surface area (Å²) in [7, 11) is 0. The summed E-state index contributed by atoms with van der Waals surface area (Å²) in [5.74, 6) is 0.844. The lowest BCUT2D eigenvalue weighted by molar-refractivity contribution is -0.384. The van der Waals surface area contributed by atoms with Crippen molar-refractivity contribution in [2.45, 2.75) is 32.7 Å². The van der Waals surface area contributed by atoms with Crippen LogP contribution >= 0.6 is 0 Å². The van der Waals surface area contributed by atoms with Crippen LogP contribution in [0.5, 0.6) is 0 Å². The minimum absolute atomic E-state index is 0.0148. The molecule has 5 heteroatoms. The number of benzene rings is 1. The summed E-state index contributed by atoms with van der Waals surface area (Å²) in [4.78, 5) is 12.8. The van der Waals surface area contributed by atoms with Crippen molar-refractivity contribution in [1.82, 2.24) is 4.90 Å². The van der Waals surface area contributed by atoms with E-state index in [4.69, 9.17) is 5.73 Å². The number of rotatable bonds is 4. The summed E-state index contributed by atoms with van der Waals surface area (Å²) in [6, 6.07) is 5.11. The van der Waals surface area contributed by atoms with Crippen molar-refractivity contribution in [3.63, 3.8) is 0 Å². The Morgan fingerprint density at radius 3 is 2.68 bits per heavy atom. The summed E-state index contributed by atoms with van der Waals surface area (Å²) < 4.78 is 0. The molecule has 0 radical (unpaired) electrons. The number of anilines is 1. The van der Waals surface area contributed by atoms with Crippen molar-refractivity contribution in [3.8, 4) is 0 Å². The molecular formula is C14H21N3O2. The van der Waals surface area contributed by atoms with E-state index in [1.165, 1.54) is 19.3 Å². The summed E-state index contributed by atoms with van der Waals surface area (Å²) in [5, 5.41) is 10.9. The first-order chi connectivity index (χ1) is 9.10. The van der Waals surface area contributed by atoms with E-state index in [1.54, 1.807) is 12.1 Å². The van der Waals surface area contributed by atoms with Gasteiger partial charge in [0.25, 0.3) is 5.69 Å². The van der Waals surface area contributed by atoms with Gasteiger partial charge < -0.3 is 5.73 Å². The zero-order chi connectivity index (χ0) is 13.8. The zero-order valence-corrected chi connectivity index (χ0v) is 11.3. The van der Waals surface area contributed by atoms with Crippen LogP contribution in [0.1, 0.15) is 31.7 Å². The second-order valence-corrected chi connectivity index (χ2v) is 5.28. The molecule has 0 spiro atoms. The Kier molecular flexibility index (Phi) is 4.37. The van der Waals surface area contributed by atoms with Gasteiger partial charge in [-0.25, -0.2) is 0 Å². The maximum atomic E-state index is 10.9. The Bertz CT molecular complexity index is 454. The number of hydrogen-bond acceptors (Lipinski definition) is 4. The monoisotopic (exact) mass is 263 g/mol. The van der Waals surface area contributed by atoms with Gasteiger partial charge >= 0.3 is 0 Å². The lowest BCUT2D eigenvalue weighted by Gasteiger charge is -2.31. The van der Waals surface area contributed by atoms with Crippen LogP contribution < -0.4 is 5.73 Å². The Morgan fingerprint density at radius 1 is 1.42 bits per heavy atom. The molecule has 0 amide bonds. The van der Waals surface area contributed by atoms with E-state index in [0.717, 1.165) is 31.1 Å². The van der Waals surface area contributed by atoms with Gasteiger partial charge in [0.1, 0.15) is 5.69 Å². The average molecular weight is 263 g/mol. The molecule has 19 heavy (non-hydrogen) atoms. The number of likely N-dealkylation sites (tertiary alicyclic amines) is 1. The van der Waals surface area contributed by atoms with Crippen molar-refractivity contribution in [1.29, 1.82) is 0 Å². The Hall–Kier alpha value is -1.62. The van der Waals surface area contributed by atoms with Crippen molar-refractivity contribution in [2.24, 2.45) is 5.92 Å². The molecular weight excluding hydrogens is 242 g/mol. The van der Waals surface area contributed by atoms with E-state index in [2.05, 4.69) is 11.8 Å². The summed E-state index contributed by atoms with van der Waals surface area (Å²) in [6.45, 7) is 5.18. The molecule has 1 aliphatic heterocycles. The van der Waals surface area contributed by atoms with Gasteiger partial charge in [-0.15, -0.1) is 0 Å². The number of nitrogens with zero attached hydrogens (tertiary/aromatic N) is 2. The average Bonchev–Trinajstić information content (AvgIpc) is 2.41. The van der Waals surface area contributed by atoms with Crippen LogP contribution in [0.4, 0.5) is 11.4 Å². The molecule has 1 fully saturated rings. The molecule has 1 aromatic carbocycles. The lowest BCUT2D eigenvalue weighted by Crippen LogP contribution is -2.33. The fourth-order valence-electron chi connectivity index (χ4n) is 2.66. The first-order valence-corrected chi connectivity index (χ1v) is 6.85. The molecule has 1 aliphatic rings. The molecule has 2 rings (SSSR count). The van der Waals surface area contributed by atoms with Gasteiger partial charge in [-0.05, 0) is 43.5 Å². The Balaban J connectivity index is 2.00. The van der Waals surface area contributed by atoms with Crippen LogP contribution in [0.15, 0.2) is 18.2 Å². The highest BCUT2D eigenvalue weighted by Crippen LogP contribution is 2.25. The van der Waals surface area contributed by atoms with Crippen molar-refractivity contribution in [3.05, 3.63) is 33.9 Å². The van der Waals surface area contributed by atoms with Crippen LogP contribution in [-0.4, -0.2) is 22.9 Å². The smallest absolute Gasteiger partial charge is 0.292 e. The number of nitrogens with two attached hydrogens (primary N) is 1. The molecule has 0 aromatic heterocycles. The van der Waals surface area contributed by atoms with Gasteiger partial charge in [-0.3, -0.25) is 15.0 Å². The number of nitro benzene ring substituents is 1. The normalized spacial score (nSPS) is 17.5. The van der Waals surface area contributed by atoms with Crippen molar-refractivity contribution in [2.75, 3.05) is 18.8 Å². The van der Waals surface area contributed by atoms with Gasteiger partial charge in [-0.1, -0.05) is 19.4 Å². The minimum Gasteiger partial charge on any atom is -0.393 e. The van der Waals surface area contributed by atoms with Gasteiger partial charge in [-0.2, -0.15) is 0 Å². The van der Waals surface area contributed by atoms with E-state index < -0.39 is 4.92 Å². The van der Waals surface area contributed by atoms with Crippen LogP contribution in [0, 0.1) is 16.0 Å². The van der Waals surface area contributed by atoms with Crippen molar-refractivity contribution >= 4 is 11.4 Å². The number of nitro groups is 1. The second-order valence-electron chi connectivity index (χ2n) is 5.28. The third-order valence-corrected chi connectivity index (χ3v) is 3.98. The van der Waals surface area contributed by atoms with Gasteiger partial charge in [0.15, 0.2) is 0 Å². The first kappa shape index (κ1) is 13.8. The number of hydrogen-bond donors (Lipinski definition) is 1. The van der Waals surface area contributed by atoms with Gasteiger partial charge in [0.2, 0.25) is 0 Å². The molecule has 0 bridgehead atoms. The third-order valence-electron chi connectivity index (χ3n) is 3.98. The second kappa shape index (κ2) is 6.02. The fourth-order valence-corrected chi connectivity index (χ4v) is 2.66. The largest absolute Gasteiger partial charge is 0.393 e. The third kappa shape index (κ3) is 3.44. The van der Waals surface area contributed by atoms with Crippen molar-refractivity contribution < 1.29 is 4.92 Å². The molecule has 0 saturated carbocycles. The molecule has 0 atom stereocenters. The molecule has 104 valence electrons. The molecule has 1 saturated heterocycles. The van der Waals surface area contributed by atoms with E-state index in [-0.39, 0.29) is 11.4 Å². The fraction of sp³-hybridized carbons (Fsp3) is 0.571. The first-order valence-electron chi connectivity index (χ1n) is 6.85.